The summed E-state index contributed by atoms with van der Waals surface area (Å²) < 4.78 is 0. The van der Waals surface area contributed by atoms with Gasteiger partial charge in [-0.05, 0) is 18.9 Å². The fraction of sp³-hybridized carbons (Fsp3) is 0.900. The first-order valence-corrected chi connectivity index (χ1v) is 5.19. The van der Waals surface area contributed by atoms with Crippen molar-refractivity contribution >= 4 is 5.91 Å². The first-order chi connectivity index (χ1) is 6.18. The summed E-state index contributed by atoms with van der Waals surface area (Å²) in [5.74, 6) is 1.19. The summed E-state index contributed by atoms with van der Waals surface area (Å²) in [5.41, 5.74) is 0. The van der Waals surface area contributed by atoms with E-state index in [9.17, 15) is 4.79 Å². The van der Waals surface area contributed by atoms with E-state index in [1.807, 2.05) is 13.8 Å². The lowest BCUT2D eigenvalue weighted by Gasteiger charge is -2.26. The summed E-state index contributed by atoms with van der Waals surface area (Å²) in [7, 11) is 0. The van der Waals surface area contributed by atoms with Crippen LogP contribution in [0.5, 0.6) is 0 Å². The number of hydrogen-bond acceptors (Lipinski definition) is 2. The lowest BCUT2D eigenvalue weighted by atomic mass is 10.0. The average molecular weight is 182 g/mol. The Morgan fingerprint density at radius 2 is 2.23 bits per heavy atom. The van der Waals surface area contributed by atoms with Crippen LogP contribution in [-0.2, 0) is 4.79 Å². The molecule has 2 atom stereocenters. The number of nitrogens with zero attached hydrogens (tertiary/aromatic N) is 1. The van der Waals surface area contributed by atoms with E-state index in [4.69, 9.17) is 0 Å². The van der Waals surface area contributed by atoms with Crippen molar-refractivity contribution in [1.29, 1.82) is 0 Å². The molecule has 3 heteroatoms. The van der Waals surface area contributed by atoms with Crippen LogP contribution in [0.25, 0.3) is 0 Å². The Kier molecular flexibility index (Phi) is 2.28. The van der Waals surface area contributed by atoms with E-state index in [1.165, 1.54) is 6.42 Å². The van der Waals surface area contributed by atoms with Gasteiger partial charge in [0.25, 0.3) is 0 Å². The third-order valence-electron chi connectivity index (χ3n) is 3.09. The molecule has 0 spiro atoms. The normalized spacial score (nSPS) is 32.7. The molecule has 2 aliphatic rings. The average Bonchev–Trinajstić information content (AvgIpc) is 2.40. The maximum atomic E-state index is 11.8. The zero-order chi connectivity index (χ0) is 9.42. The molecule has 13 heavy (non-hydrogen) atoms. The van der Waals surface area contributed by atoms with Crippen molar-refractivity contribution in [3.05, 3.63) is 0 Å². The van der Waals surface area contributed by atoms with Crippen LogP contribution in [0.3, 0.4) is 0 Å². The predicted octanol–water partition coefficient (Wildman–Crippen LogP) is 0.463. The zero-order valence-corrected chi connectivity index (χ0v) is 8.42. The number of amides is 1. The molecule has 1 N–H and O–H groups in total. The largest absolute Gasteiger partial charge is 0.338 e. The van der Waals surface area contributed by atoms with Crippen LogP contribution in [0.4, 0.5) is 0 Å². The number of carbonyl (C=O) groups excluding carboxylic acids is 1. The number of carbonyl (C=O) groups is 1. The van der Waals surface area contributed by atoms with Crippen LogP contribution < -0.4 is 5.32 Å². The summed E-state index contributed by atoms with van der Waals surface area (Å²) in [6.45, 7) is 7.04. The maximum Gasteiger partial charge on any atom is 0.225 e. The molecule has 2 aliphatic heterocycles. The van der Waals surface area contributed by atoms with E-state index in [1.54, 1.807) is 0 Å². The van der Waals surface area contributed by atoms with Crippen molar-refractivity contribution in [3.8, 4) is 0 Å². The molecular formula is C10H18N2O. The first kappa shape index (κ1) is 9.00. The monoisotopic (exact) mass is 182 g/mol. The number of piperidine rings is 1. The van der Waals surface area contributed by atoms with Crippen molar-refractivity contribution in [2.45, 2.75) is 26.3 Å². The van der Waals surface area contributed by atoms with E-state index in [0.29, 0.717) is 17.9 Å². The molecule has 0 aromatic heterocycles. The second kappa shape index (κ2) is 3.29. The minimum absolute atomic E-state index is 0.152. The topological polar surface area (TPSA) is 32.3 Å². The van der Waals surface area contributed by atoms with E-state index in [-0.39, 0.29) is 5.92 Å². The Morgan fingerprint density at radius 3 is 2.85 bits per heavy atom. The number of fused-ring (bicyclic) bond motifs is 2. The fourth-order valence-corrected chi connectivity index (χ4v) is 2.41. The van der Waals surface area contributed by atoms with Gasteiger partial charge >= 0.3 is 0 Å². The number of likely N-dealkylation sites (tertiary alicyclic amines) is 1. The van der Waals surface area contributed by atoms with Gasteiger partial charge in [-0.2, -0.15) is 0 Å². The van der Waals surface area contributed by atoms with Crippen molar-refractivity contribution in [2.75, 3.05) is 19.6 Å². The highest BCUT2D eigenvalue weighted by Gasteiger charge is 2.38. The molecule has 1 amide bonds. The summed E-state index contributed by atoms with van der Waals surface area (Å²) in [6, 6.07) is 0.480. The highest BCUT2D eigenvalue weighted by atomic mass is 16.2. The number of rotatable bonds is 1. The smallest absolute Gasteiger partial charge is 0.225 e. The summed E-state index contributed by atoms with van der Waals surface area (Å²) in [5, 5.41) is 3.38. The molecule has 2 saturated heterocycles. The fourth-order valence-electron chi connectivity index (χ4n) is 2.41. The van der Waals surface area contributed by atoms with E-state index < -0.39 is 0 Å². The van der Waals surface area contributed by atoms with Crippen LogP contribution >= 0.6 is 0 Å². The summed E-state index contributed by atoms with van der Waals surface area (Å²) in [6.07, 6.45) is 1.21. The van der Waals surface area contributed by atoms with Gasteiger partial charge in [-0.3, -0.25) is 4.79 Å². The minimum atomic E-state index is 0.152. The molecule has 0 radical (unpaired) electrons. The van der Waals surface area contributed by atoms with Gasteiger partial charge in [0.2, 0.25) is 5.91 Å². The highest BCUT2D eigenvalue weighted by Crippen LogP contribution is 2.26. The van der Waals surface area contributed by atoms with Crippen molar-refractivity contribution in [2.24, 2.45) is 11.8 Å². The highest BCUT2D eigenvalue weighted by molar-refractivity contribution is 5.78. The molecule has 1 unspecified atom stereocenters. The first-order valence-electron chi connectivity index (χ1n) is 5.19. The quantitative estimate of drug-likeness (QED) is 0.639. The second-order valence-electron chi connectivity index (χ2n) is 4.56. The van der Waals surface area contributed by atoms with E-state index >= 15 is 0 Å². The van der Waals surface area contributed by atoms with Gasteiger partial charge in [0.15, 0.2) is 0 Å². The molecular weight excluding hydrogens is 164 g/mol. The minimum Gasteiger partial charge on any atom is -0.338 e. The van der Waals surface area contributed by atoms with Crippen molar-refractivity contribution in [3.63, 3.8) is 0 Å². The number of hydrogen-bond donors (Lipinski definition) is 1. The van der Waals surface area contributed by atoms with Crippen LogP contribution in [0, 0.1) is 11.8 Å². The SMILES string of the molecule is CC(C)C(=O)N1C[C@@H]2CNCC1C2. The molecule has 74 valence electrons. The standard InChI is InChI=1S/C10H18N2O/c1-7(2)10(13)12-6-8-3-9(12)5-11-4-8/h7-9,11H,3-6H2,1-2H3/t8-,9?/m0/s1. The van der Waals surface area contributed by atoms with Gasteiger partial charge in [0, 0.05) is 25.0 Å². The molecule has 2 rings (SSSR count). The van der Waals surface area contributed by atoms with Gasteiger partial charge in [-0.15, -0.1) is 0 Å². The van der Waals surface area contributed by atoms with Crippen LogP contribution in [0.1, 0.15) is 20.3 Å². The predicted molar refractivity (Wildman–Crippen MR) is 51.3 cm³/mol. The summed E-state index contributed by atoms with van der Waals surface area (Å²) in [4.78, 5) is 13.9. The van der Waals surface area contributed by atoms with Gasteiger partial charge in [0.1, 0.15) is 0 Å². The Balaban J connectivity index is 2.04. The summed E-state index contributed by atoms with van der Waals surface area (Å²) >= 11 is 0. The molecule has 2 heterocycles. The molecule has 2 fully saturated rings. The van der Waals surface area contributed by atoms with E-state index in [2.05, 4.69) is 10.2 Å². The van der Waals surface area contributed by atoms with E-state index in [0.717, 1.165) is 19.6 Å². The number of nitrogens with one attached hydrogen (secondary N) is 1. The molecule has 0 saturated carbocycles. The Labute approximate surface area is 79.5 Å². The molecule has 2 bridgehead atoms. The molecule has 0 aromatic rings. The van der Waals surface area contributed by atoms with Crippen molar-refractivity contribution in [1.82, 2.24) is 10.2 Å². The van der Waals surface area contributed by atoms with Gasteiger partial charge in [0.05, 0.1) is 0 Å². The van der Waals surface area contributed by atoms with Gasteiger partial charge in [-0.1, -0.05) is 13.8 Å². The Bertz CT molecular complexity index is 215. The third-order valence-corrected chi connectivity index (χ3v) is 3.09. The van der Waals surface area contributed by atoms with Gasteiger partial charge in [-0.25, -0.2) is 0 Å². The lowest BCUT2D eigenvalue weighted by Crippen LogP contribution is -2.43. The second-order valence-corrected chi connectivity index (χ2v) is 4.56. The van der Waals surface area contributed by atoms with Crippen molar-refractivity contribution < 1.29 is 4.79 Å². The molecule has 0 aromatic carbocycles. The maximum absolute atomic E-state index is 11.8. The Morgan fingerprint density at radius 1 is 1.46 bits per heavy atom. The Hall–Kier alpha value is -0.570. The third kappa shape index (κ3) is 1.57. The van der Waals surface area contributed by atoms with Crippen LogP contribution in [0.15, 0.2) is 0 Å². The zero-order valence-electron chi connectivity index (χ0n) is 8.42. The van der Waals surface area contributed by atoms with Crippen LogP contribution in [0.2, 0.25) is 0 Å². The van der Waals surface area contributed by atoms with Gasteiger partial charge < -0.3 is 10.2 Å². The lowest BCUT2D eigenvalue weighted by molar-refractivity contribution is -0.135. The molecule has 3 nitrogen and oxygen atoms in total. The van der Waals surface area contributed by atoms with Crippen LogP contribution in [-0.4, -0.2) is 36.5 Å². The molecule has 0 aliphatic carbocycles.